The molecule has 0 aromatic carbocycles. The van der Waals surface area contributed by atoms with Crippen molar-refractivity contribution in [1.82, 2.24) is 4.90 Å². The number of piperidine rings is 1. The van der Waals surface area contributed by atoms with Crippen LogP contribution in [-0.2, 0) is 0 Å². The van der Waals surface area contributed by atoms with Crippen molar-refractivity contribution in [2.24, 2.45) is 5.92 Å². The monoisotopic (exact) mass is 301 g/mol. The van der Waals surface area contributed by atoms with Crippen LogP contribution in [0.15, 0.2) is 12.1 Å². The number of nitrogens with zero attached hydrogens (tertiary/aromatic N) is 1. The molecule has 2 nitrogen and oxygen atoms in total. The van der Waals surface area contributed by atoms with Crippen LogP contribution in [0.2, 0.25) is 0 Å². The van der Waals surface area contributed by atoms with Crippen LogP contribution in [0.5, 0.6) is 0 Å². The van der Waals surface area contributed by atoms with Gasteiger partial charge >= 0.3 is 0 Å². The minimum Gasteiger partial charge on any atom is -0.338 e. The standard InChI is InChI=1S/C12H16BrNOS/c1-8-7-14(6-5-10(8)13)12(15)11-4-3-9(2)16-11/h3-4,8,10H,5-7H2,1-2H3. The van der Waals surface area contributed by atoms with Gasteiger partial charge in [0, 0.05) is 22.8 Å². The van der Waals surface area contributed by atoms with E-state index in [2.05, 4.69) is 22.9 Å². The molecule has 0 bridgehead atoms. The van der Waals surface area contributed by atoms with E-state index in [0.29, 0.717) is 10.7 Å². The first-order valence-electron chi connectivity index (χ1n) is 5.57. The van der Waals surface area contributed by atoms with E-state index < -0.39 is 0 Å². The molecule has 0 saturated carbocycles. The number of thiophene rings is 1. The summed E-state index contributed by atoms with van der Waals surface area (Å²) in [5, 5.41) is 0. The average Bonchev–Trinajstić information content (AvgIpc) is 2.68. The molecule has 1 saturated heterocycles. The van der Waals surface area contributed by atoms with E-state index in [9.17, 15) is 4.79 Å². The maximum Gasteiger partial charge on any atom is 0.263 e. The molecule has 0 aliphatic carbocycles. The highest BCUT2D eigenvalue weighted by Crippen LogP contribution is 2.25. The highest BCUT2D eigenvalue weighted by Gasteiger charge is 2.27. The summed E-state index contributed by atoms with van der Waals surface area (Å²) >= 11 is 5.24. The second-order valence-corrected chi connectivity index (χ2v) is 6.91. The number of aryl methyl sites for hydroxylation is 1. The molecule has 16 heavy (non-hydrogen) atoms. The van der Waals surface area contributed by atoms with Crippen LogP contribution in [-0.4, -0.2) is 28.7 Å². The van der Waals surface area contributed by atoms with E-state index in [4.69, 9.17) is 0 Å². The Morgan fingerprint density at radius 1 is 1.56 bits per heavy atom. The van der Waals surface area contributed by atoms with Crippen molar-refractivity contribution in [2.45, 2.75) is 25.1 Å². The number of hydrogen-bond acceptors (Lipinski definition) is 2. The van der Waals surface area contributed by atoms with Gasteiger partial charge < -0.3 is 4.90 Å². The van der Waals surface area contributed by atoms with Crippen molar-refractivity contribution in [1.29, 1.82) is 0 Å². The Balaban J connectivity index is 2.06. The zero-order valence-electron chi connectivity index (χ0n) is 9.57. The topological polar surface area (TPSA) is 20.3 Å². The molecule has 0 spiro atoms. The molecular formula is C12H16BrNOS. The van der Waals surface area contributed by atoms with Crippen LogP contribution < -0.4 is 0 Å². The van der Waals surface area contributed by atoms with E-state index in [-0.39, 0.29) is 5.91 Å². The largest absolute Gasteiger partial charge is 0.338 e. The quantitative estimate of drug-likeness (QED) is 0.729. The van der Waals surface area contributed by atoms with E-state index in [1.54, 1.807) is 11.3 Å². The highest BCUT2D eigenvalue weighted by atomic mass is 79.9. The van der Waals surface area contributed by atoms with Gasteiger partial charge in [0.25, 0.3) is 5.91 Å². The number of likely N-dealkylation sites (tertiary alicyclic amines) is 1. The lowest BCUT2D eigenvalue weighted by atomic mass is 10.00. The Morgan fingerprint density at radius 3 is 2.88 bits per heavy atom. The van der Waals surface area contributed by atoms with Crippen LogP contribution in [0.3, 0.4) is 0 Å². The first-order valence-corrected chi connectivity index (χ1v) is 7.31. The van der Waals surface area contributed by atoms with Gasteiger partial charge in [0.15, 0.2) is 0 Å². The molecule has 2 unspecified atom stereocenters. The van der Waals surface area contributed by atoms with Crippen molar-refractivity contribution in [3.8, 4) is 0 Å². The molecule has 1 fully saturated rings. The van der Waals surface area contributed by atoms with E-state index in [1.807, 2.05) is 24.0 Å². The van der Waals surface area contributed by atoms with E-state index in [0.717, 1.165) is 24.4 Å². The van der Waals surface area contributed by atoms with Gasteiger partial charge in [0.1, 0.15) is 0 Å². The number of halogens is 1. The molecule has 88 valence electrons. The van der Waals surface area contributed by atoms with Crippen molar-refractivity contribution in [3.05, 3.63) is 21.9 Å². The fourth-order valence-electron chi connectivity index (χ4n) is 2.01. The molecule has 1 aromatic rings. The van der Waals surface area contributed by atoms with E-state index >= 15 is 0 Å². The molecular weight excluding hydrogens is 286 g/mol. The smallest absolute Gasteiger partial charge is 0.263 e. The Hall–Kier alpha value is -0.350. The Bertz CT molecular complexity index is 390. The third-order valence-electron chi connectivity index (χ3n) is 3.04. The molecule has 2 heterocycles. The Kier molecular flexibility index (Phi) is 3.70. The Morgan fingerprint density at radius 2 is 2.31 bits per heavy atom. The lowest BCUT2D eigenvalue weighted by molar-refractivity contribution is 0.0695. The number of alkyl halides is 1. The minimum absolute atomic E-state index is 0.198. The molecule has 0 N–H and O–H groups in total. The van der Waals surface area contributed by atoms with E-state index in [1.165, 1.54) is 4.88 Å². The van der Waals surface area contributed by atoms with Gasteiger partial charge in [-0.1, -0.05) is 22.9 Å². The van der Waals surface area contributed by atoms with Crippen molar-refractivity contribution in [2.75, 3.05) is 13.1 Å². The predicted octanol–water partition coefficient (Wildman–Crippen LogP) is 3.30. The van der Waals surface area contributed by atoms with Crippen LogP contribution in [0, 0.1) is 12.8 Å². The summed E-state index contributed by atoms with van der Waals surface area (Å²) in [5.41, 5.74) is 0. The number of hydrogen-bond donors (Lipinski definition) is 0. The summed E-state index contributed by atoms with van der Waals surface area (Å²) in [6.07, 6.45) is 1.05. The molecule has 4 heteroatoms. The fraction of sp³-hybridized carbons (Fsp3) is 0.583. The number of rotatable bonds is 1. The van der Waals surface area contributed by atoms with Gasteiger partial charge in [0.2, 0.25) is 0 Å². The zero-order chi connectivity index (χ0) is 11.7. The first-order chi connectivity index (χ1) is 7.58. The summed E-state index contributed by atoms with van der Waals surface area (Å²) in [6, 6.07) is 3.95. The molecule has 0 radical (unpaired) electrons. The zero-order valence-corrected chi connectivity index (χ0v) is 12.0. The van der Waals surface area contributed by atoms with Crippen LogP contribution >= 0.6 is 27.3 Å². The average molecular weight is 302 g/mol. The predicted molar refractivity (Wildman–Crippen MR) is 71.5 cm³/mol. The summed E-state index contributed by atoms with van der Waals surface area (Å²) in [7, 11) is 0. The van der Waals surface area contributed by atoms with Gasteiger partial charge in [-0.05, 0) is 31.4 Å². The number of amides is 1. The summed E-state index contributed by atoms with van der Waals surface area (Å²) < 4.78 is 0. The third kappa shape index (κ3) is 2.48. The molecule has 1 amide bonds. The molecule has 2 rings (SSSR count). The summed E-state index contributed by atoms with van der Waals surface area (Å²) in [4.78, 5) is 16.8. The van der Waals surface area contributed by atoms with Crippen LogP contribution in [0.25, 0.3) is 0 Å². The SMILES string of the molecule is Cc1ccc(C(=O)N2CCC(Br)C(C)C2)s1. The molecule has 1 aliphatic rings. The lowest BCUT2D eigenvalue weighted by Crippen LogP contribution is -2.43. The highest BCUT2D eigenvalue weighted by molar-refractivity contribution is 9.09. The molecule has 1 aromatic heterocycles. The minimum atomic E-state index is 0.198. The normalized spacial score (nSPS) is 25.8. The van der Waals surface area contributed by atoms with Gasteiger partial charge in [-0.3, -0.25) is 4.79 Å². The maximum atomic E-state index is 12.2. The van der Waals surface area contributed by atoms with Crippen molar-refractivity contribution >= 4 is 33.2 Å². The van der Waals surface area contributed by atoms with Crippen LogP contribution in [0.1, 0.15) is 27.9 Å². The van der Waals surface area contributed by atoms with Crippen molar-refractivity contribution in [3.63, 3.8) is 0 Å². The Labute approximate surface area is 109 Å². The van der Waals surface area contributed by atoms with Crippen molar-refractivity contribution < 1.29 is 4.79 Å². The fourth-order valence-corrected chi connectivity index (χ4v) is 3.21. The van der Waals surface area contributed by atoms with Crippen LogP contribution in [0.4, 0.5) is 0 Å². The lowest BCUT2D eigenvalue weighted by Gasteiger charge is -2.34. The van der Waals surface area contributed by atoms with Gasteiger partial charge in [-0.25, -0.2) is 0 Å². The summed E-state index contributed by atoms with van der Waals surface area (Å²) in [5.74, 6) is 0.739. The molecule has 2 atom stereocenters. The van der Waals surface area contributed by atoms with Gasteiger partial charge in [0.05, 0.1) is 4.88 Å². The third-order valence-corrected chi connectivity index (χ3v) is 5.39. The second-order valence-electron chi connectivity index (χ2n) is 4.44. The maximum absolute atomic E-state index is 12.2. The second kappa shape index (κ2) is 4.88. The summed E-state index contributed by atoms with van der Waals surface area (Å²) in [6.45, 7) is 5.97. The molecule has 1 aliphatic heterocycles. The first kappa shape index (κ1) is 12.1. The van der Waals surface area contributed by atoms with Gasteiger partial charge in [-0.2, -0.15) is 0 Å². The number of carbonyl (C=O) groups is 1. The number of carbonyl (C=O) groups excluding carboxylic acids is 1. The van der Waals surface area contributed by atoms with Gasteiger partial charge in [-0.15, -0.1) is 11.3 Å².